The van der Waals surface area contributed by atoms with Gasteiger partial charge in [-0.1, -0.05) is 36.4 Å². The highest BCUT2D eigenvalue weighted by molar-refractivity contribution is 5.82. The molecule has 0 saturated carbocycles. The van der Waals surface area contributed by atoms with Crippen LogP contribution in [0.15, 0.2) is 48.5 Å². The Hall–Kier alpha value is -2.75. The van der Waals surface area contributed by atoms with Crippen LogP contribution in [0.4, 0.5) is 26.3 Å². The van der Waals surface area contributed by atoms with Crippen molar-refractivity contribution >= 4 is 5.91 Å². The number of alkyl halides is 6. The SMILES string of the molecule is O=C(N(CCc1cccc(OC(F)(F)F)c1)C1NCCc2ccccc21)C(F)(F)F. The minimum atomic E-state index is -5.09. The minimum absolute atomic E-state index is 0.0861. The van der Waals surface area contributed by atoms with E-state index in [9.17, 15) is 31.1 Å². The number of benzene rings is 2. The fraction of sp³-hybridized carbons (Fsp3) is 0.350. The van der Waals surface area contributed by atoms with Gasteiger partial charge in [-0.25, -0.2) is 0 Å². The predicted octanol–water partition coefficient (Wildman–Crippen LogP) is 4.36. The summed E-state index contributed by atoms with van der Waals surface area (Å²) < 4.78 is 80.8. The fourth-order valence-corrected chi connectivity index (χ4v) is 3.42. The van der Waals surface area contributed by atoms with Crippen LogP contribution in [-0.2, 0) is 17.6 Å². The van der Waals surface area contributed by atoms with Crippen molar-refractivity contribution in [2.24, 2.45) is 0 Å². The highest BCUT2D eigenvalue weighted by Gasteiger charge is 2.45. The van der Waals surface area contributed by atoms with E-state index in [1.54, 1.807) is 24.3 Å². The number of rotatable bonds is 5. The van der Waals surface area contributed by atoms with Gasteiger partial charge in [0.15, 0.2) is 0 Å². The lowest BCUT2D eigenvalue weighted by molar-refractivity contribution is -0.274. The Morgan fingerprint density at radius 3 is 2.50 bits per heavy atom. The maximum Gasteiger partial charge on any atom is 0.573 e. The molecule has 2 aromatic carbocycles. The van der Waals surface area contributed by atoms with Crippen LogP contribution in [0.1, 0.15) is 22.9 Å². The van der Waals surface area contributed by atoms with Crippen LogP contribution in [-0.4, -0.2) is 36.4 Å². The second-order valence-corrected chi connectivity index (χ2v) is 6.75. The molecule has 30 heavy (non-hydrogen) atoms. The average Bonchev–Trinajstić information content (AvgIpc) is 2.66. The van der Waals surface area contributed by atoms with Crippen molar-refractivity contribution in [3.05, 3.63) is 65.2 Å². The Bertz CT molecular complexity index is 897. The van der Waals surface area contributed by atoms with E-state index < -0.39 is 30.4 Å². The molecule has 1 aliphatic heterocycles. The Morgan fingerprint density at radius 1 is 1.07 bits per heavy atom. The number of carbonyl (C=O) groups excluding carboxylic acids is 1. The largest absolute Gasteiger partial charge is 0.573 e. The number of halogens is 6. The van der Waals surface area contributed by atoms with E-state index >= 15 is 0 Å². The van der Waals surface area contributed by atoms with Crippen molar-refractivity contribution in [1.82, 2.24) is 10.2 Å². The zero-order chi connectivity index (χ0) is 21.9. The molecule has 0 saturated heterocycles. The van der Waals surface area contributed by atoms with E-state index in [1.165, 1.54) is 12.1 Å². The predicted molar refractivity (Wildman–Crippen MR) is 95.5 cm³/mol. The second-order valence-electron chi connectivity index (χ2n) is 6.75. The lowest BCUT2D eigenvalue weighted by Gasteiger charge is -2.37. The standard InChI is InChI=1S/C20H18F6N2O2/c21-19(22,23)18(29)28(17-16-7-2-1-5-14(16)8-10-27-17)11-9-13-4-3-6-15(12-13)30-20(24,25)26/h1-7,12,17,27H,8-11H2. The number of hydrogen-bond acceptors (Lipinski definition) is 3. The fourth-order valence-electron chi connectivity index (χ4n) is 3.42. The molecule has 1 aliphatic rings. The second kappa shape index (κ2) is 8.55. The molecule has 0 aromatic heterocycles. The van der Waals surface area contributed by atoms with Crippen molar-refractivity contribution in [3.63, 3.8) is 0 Å². The van der Waals surface area contributed by atoms with Crippen molar-refractivity contribution < 1.29 is 35.9 Å². The van der Waals surface area contributed by atoms with E-state index in [4.69, 9.17) is 0 Å². The molecule has 0 radical (unpaired) electrons. The number of amides is 1. The molecule has 162 valence electrons. The van der Waals surface area contributed by atoms with Gasteiger partial charge in [0, 0.05) is 13.1 Å². The molecule has 1 N–H and O–H groups in total. The number of fused-ring (bicyclic) bond motifs is 1. The third-order valence-corrected chi connectivity index (χ3v) is 4.67. The molecule has 1 unspecified atom stereocenters. The molecular weight excluding hydrogens is 414 g/mol. The number of carbonyl (C=O) groups is 1. The summed E-state index contributed by atoms with van der Waals surface area (Å²) in [7, 11) is 0. The third kappa shape index (κ3) is 5.44. The van der Waals surface area contributed by atoms with E-state index in [2.05, 4.69) is 10.1 Å². The average molecular weight is 432 g/mol. The highest BCUT2D eigenvalue weighted by Crippen LogP contribution is 2.30. The van der Waals surface area contributed by atoms with Crippen LogP contribution in [0.5, 0.6) is 5.75 Å². The minimum Gasteiger partial charge on any atom is -0.406 e. The van der Waals surface area contributed by atoms with E-state index in [0.29, 0.717) is 29.0 Å². The first-order valence-corrected chi connectivity index (χ1v) is 9.08. The number of hydrogen-bond donors (Lipinski definition) is 1. The van der Waals surface area contributed by atoms with Crippen molar-refractivity contribution in [3.8, 4) is 5.75 Å². The first-order chi connectivity index (χ1) is 14.0. The van der Waals surface area contributed by atoms with Gasteiger partial charge in [0.2, 0.25) is 0 Å². The van der Waals surface area contributed by atoms with Crippen LogP contribution in [0.3, 0.4) is 0 Å². The van der Waals surface area contributed by atoms with E-state index in [-0.39, 0.29) is 13.0 Å². The first kappa shape index (κ1) is 21.9. The zero-order valence-corrected chi connectivity index (χ0v) is 15.6. The first-order valence-electron chi connectivity index (χ1n) is 9.08. The van der Waals surface area contributed by atoms with E-state index in [0.717, 1.165) is 17.7 Å². The Labute approximate surface area is 168 Å². The summed E-state index contributed by atoms with van der Waals surface area (Å²) in [4.78, 5) is 12.8. The molecule has 4 nitrogen and oxygen atoms in total. The number of nitrogens with zero attached hydrogens (tertiary/aromatic N) is 1. The summed E-state index contributed by atoms with van der Waals surface area (Å²) in [6.07, 6.45) is -10.4. The lowest BCUT2D eigenvalue weighted by Crippen LogP contribution is -2.50. The Morgan fingerprint density at radius 2 is 1.80 bits per heavy atom. The van der Waals surface area contributed by atoms with Crippen LogP contribution >= 0.6 is 0 Å². The van der Waals surface area contributed by atoms with Gasteiger partial charge in [0.25, 0.3) is 0 Å². The molecule has 0 aliphatic carbocycles. The van der Waals surface area contributed by atoms with Gasteiger partial charge in [-0.3, -0.25) is 10.1 Å². The molecule has 0 fully saturated rings. The summed E-state index contributed by atoms with van der Waals surface area (Å²) in [5.74, 6) is -2.49. The van der Waals surface area contributed by atoms with Gasteiger partial charge < -0.3 is 9.64 Å². The molecule has 0 bridgehead atoms. The summed E-state index contributed by atoms with van der Waals surface area (Å²) in [5, 5.41) is 2.94. The van der Waals surface area contributed by atoms with Crippen molar-refractivity contribution in [2.75, 3.05) is 13.1 Å². The molecule has 1 amide bonds. The summed E-state index contributed by atoms with van der Waals surface area (Å²) in [5.41, 5.74) is 1.71. The van der Waals surface area contributed by atoms with Crippen LogP contribution in [0, 0.1) is 0 Å². The number of ether oxygens (including phenoxy) is 1. The van der Waals surface area contributed by atoms with Crippen molar-refractivity contribution in [1.29, 1.82) is 0 Å². The van der Waals surface area contributed by atoms with E-state index in [1.807, 2.05) is 0 Å². The molecule has 1 atom stereocenters. The summed E-state index contributed by atoms with van der Waals surface area (Å²) in [6.45, 7) is 0.0397. The van der Waals surface area contributed by atoms with Crippen LogP contribution in [0.25, 0.3) is 0 Å². The maximum atomic E-state index is 13.2. The molecule has 10 heteroatoms. The quantitative estimate of drug-likeness (QED) is 0.714. The monoisotopic (exact) mass is 432 g/mol. The summed E-state index contributed by atoms with van der Waals surface area (Å²) in [6, 6.07) is 11.8. The topological polar surface area (TPSA) is 41.6 Å². The third-order valence-electron chi connectivity index (χ3n) is 4.67. The molecular formula is C20H18F6N2O2. The Kier molecular flexibility index (Phi) is 6.25. The van der Waals surface area contributed by atoms with Gasteiger partial charge in [-0.15, -0.1) is 13.2 Å². The molecule has 0 spiro atoms. The van der Waals surface area contributed by atoms with Crippen molar-refractivity contribution in [2.45, 2.75) is 31.5 Å². The van der Waals surface area contributed by atoms with Gasteiger partial charge in [0.05, 0.1) is 0 Å². The smallest absolute Gasteiger partial charge is 0.406 e. The molecule has 1 heterocycles. The molecule has 2 aromatic rings. The van der Waals surface area contributed by atoms with Gasteiger partial charge >= 0.3 is 18.4 Å². The lowest BCUT2D eigenvalue weighted by atomic mass is 9.97. The van der Waals surface area contributed by atoms with Gasteiger partial charge in [-0.05, 0) is 41.7 Å². The van der Waals surface area contributed by atoms with Crippen LogP contribution in [0.2, 0.25) is 0 Å². The number of nitrogens with one attached hydrogen (secondary N) is 1. The van der Waals surface area contributed by atoms with Gasteiger partial charge in [0.1, 0.15) is 11.9 Å². The Balaban J connectivity index is 1.83. The normalized spacial score (nSPS) is 16.7. The maximum absolute atomic E-state index is 13.2. The molecule has 3 rings (SSSR count). The van der Waals surface area contributed by atoms with Gasteiger partial charge in [-0.2, -0.15) is 13.2 Å². The highest BCUT2D eigenvalue weighted by atomic mass is 19.4. The summed E-state index contributed by atoms with van der Waals surface area (Å²) >= 11 is 0. The zero-order valence-electron chi connectivity index (χ0n) is 15.6. The van der Waals surface area contributed by atoms with Crippen LogP contribution < -0.4 is 10.1 Å².